The van der Waals surface area contributed by atoms with E-state index >= 15 is 0 Å². The molecule has 2 atom stereocenters. The van der Waals surface area contributed by atoms with E-state index in [1.165, 1.54) is 0 Å². The molecule has 1 fully saturated rings. The lowest BCUT2D eigenvalue weighted by Crippen LogP contribution is -2.49. The van der Waals surface area contributed by atoms with Crippen LogP contribution in [0.1, 0.15) is 26.2 Å². The van der Waals surface area contributed by atoms with Crippen LogP contribution in [-0.2, 0) is 9.59 Å². The van der Waals surface area contributed by atoms with E-state index < -0.39 is 11.4 Å². The standard InChI is InChI=1S/C12H18N2O3/c1-3-7-13-8-10(15)14-9-5-4-6-12(9,2)11(16)17/h1,9,13H,4-8H2,2H3,(H,14,15)(H,16,17). The van der Waals surface area contributed by atoms with E-state index in [0.717, 1.165) is 6.42 Å². The Bertz CT molecular complexity index is 348. The molecule has 0 aromatic carbocycles. The summed E-state index contributed by atoms with van der Waals surface area (Å²) in [6.45, 7) is 2.13. The van der Waals surface area contributed by atoms with Gasteiger partial charge in [0.2, 0.25) is 5.91 Å². The Morgan fingerprint density at radius 3 is 2.88 bits per heavy atom. The molecule has 1 aliphatic carbocycles. The monoisotopic (exact) mass is 238 g/mol. The van der Waals surface area contributed by atoms with E-state index in [2.05, 4.69) is 16.6 Å². The molecule has 0 bridgehead atoms. The number of carbonyl (C=O) groups excluding carboxylic acids is 1. The van der Waals surface area contributed by atoms with Gasteiger partial charge in [-0.25, -0.2) is 0 Å². The molecule has 17 heavy (non-hydrogen) atoms. The summed E-state index contributed by atoms with van der Waals surface area (Å²) in [5, 5.41) is 14.7. The molecule has 0 spiro atoms. The third-order valence-electron chi connectivity index (χ3n) is 3.29. The molecule has 3 N–H and O–H groups in total. The lowest BCUT2D eigenvalue weighted by Gasteiger charge is -2.27. The van der Waals surface area contributed by atoms with Gasteiger partial charge in [-0.05, 0) is 19.8 Å². The SMILES string of the molecule is C#CCNCC(=O)NC1CCCC1(C)C(=O)O. The van der Waals surface area contributed by atoms with Crippen LogP contribution in [0.5, 0.6) is 0 Å². The van der Waals surface area contributed by atoms with E-state index in [-0.39, 0.29) is 18.5 Å². The maximum atomic E-state index is 11.5. The number of carbonyl (C=O) groups is 2. The molecule has 1 saturated carbocycles. The second-order valence-corrected chi connectivity index (χ2v) is 4.54. The second-order valence-electron chi connectivity index (χ2n) is 4.54. The number of carboxylic acid groups (broad SMARTS) is 1. The second kappa shape index (κ2) is 5.69. The van der Waals surface area contributed by atoms with E-state index in [1.807, 2.05) is 0 Å². The Morgan fingerprint density at radius 1 is 1.59 bits per heavy atom. The van der Waals surface area contributed by atoms with Crippen molar-refractivity contribution in [1.82, 2.24) is 10.6 Å². The van der Waals surface area contributed by atoms with Gasteiger partial charge in [-0.3, -0.25) is 14.9 Å². The number of nitrogens with one attached hydrogen (secondary N) is 2. The predicted molar refractivity (Wildman–Crippen MR) is 63.2 cm³/mol. The van der Waals surface area contributed by atoms with Crippen LogP contribution in [-0.4, -0.2) is 36.1 Å². The van der Waals surface area contributed by atoms with Gasteiger partial charge in [0.15, 0.2) is 0 Å². The molecule has 0 aliphatic heterocycles. The molecule has 0 radical (unpaired) electrons. The molecular formula is C12H18N2O3. The molecular weight excluding hydrogens is 220 g/mol. The summed E-state index contributed by atoms with van der Waals surface area (Å²) in [5.74, 6) is 1.31. The highest BCUT2D eigenvalue weighted by atomic mass is 16.4. The molecule has 0 heterocycles. The van der Waals surface area contributed by atoms with Crippen molar-refractivity contribution in [2.24, 2.45) is 5.41 Å². The van der Waals surface area contributed by atoms with Crippen LogP contribution in [0.4, 0.5) is 0 Å². The van der Waals surface area contributed by atoms with Gasteiger partial charge < -0.3 is 10.4 Å². The Morgan fingerprint density at radius 2 is 2.29 bits per heavy atom. The summed E-state index contributed by atoms with van der Waals surface area (Å²) in [6, 6.07) is -0.292. The highest BCUT2D eigenvalue weighted by molar-refractivity contribution is 5.81. The zero-order valence-corrected chi connectivity index (χ0v) is 9.95. The van der Waals surface area contributed by atoms with Crippen LogP contribution >= 0.6 is 0 Å². The fourth-order valence-corrected chi connectivity index (χ4v) is 2.15. The first-order valence-electron chi connectivity index (χ1n) is 5.67. The summed E-state index contributed by atoms with van der Waals surface area (Å²) in [4.78, 5) is 22.7. The molecule has 94 valence electrons. The fourth-order valence-electron chi connectivity index (χ4n) is 2.15. The van der Waals surface area contributed by atoms with Crippen molar-refractivity contribution in [3.05, 3.63) is 0 Å². The smallest absolute Gasteiger partial charge is 0.311 e. The Labute approximate surface area is 101 Å². The molecule has 5 heteroatoms. The molecule has 0 aromatic heterocycles. The van der Waals surface area contributed by atoms with E-state index in [1.54, 1.807) is 6.92 Å². The molecule has 2 unspecified atom stereocenters. The fraction of sp³-hybridized carbons (Fsp3) is 0.667. The average Bonchev–Trinajstić information content (AvgIpc) is 2.62. The Kier molecular flexibility index (Phi) is 4.53. The predicted octanol–water partition coefficient (Wildman–Crippen LogP) is -0.0312. The van der Waals surface area contributed by atoms with Crippen molar-refractivity contribution >= 4 is 11.9 Å². The van der Waals surface area contributed by atoms with Gasteiger partial charge in [0, 0.05) is 6.04 Å². The molecule has 1 rings (SSSR count). The summed E-state index contributed by atoms with van der Waals surface area (Å²) in [6.07, 6.45) is 7.18. The molecule has 0 aromatic rings. The third-order valence-corrected chi connectivity index (χ3v) is 3.29. The van der Waals surface area contributed by atoms with Crippen molar-refractivity contribution in [3.8, 4) is 12.3 Å². The Balaban J connectivity index is 2.48. The van der Waals surface area contributed by atoms with Gasteiger partial charge >= 0.3 is 5.97 Å². The van der Waals surface area contributed by atoms with Gasteiger partial charge in [-0.15, -0.1) is 6.42 Å². The van der Waals surface area contributed by atoms with E-state index in [0.29, 0.717) is 19.4 Å². The molecule has 1 amide bonds. The number of terminal acetylenes is 1. The van der Waals surface area contributed by atoms with Crippen LogP contribution in [0.25, 0.3) is 0 Å². The number of rotatable bonds is 5. The first-order chi connectivity index (χ1) is 8.00. The van der Waals surface area contributed by atoms with Crippen LogP contribution in [0.15, 0.2) is 0 Å². The maximum absolute atomic E-state index is 11.5. The lowest BCUT2D eigenvalue weighted by molar-refractivity contribution is -0.149. The summed E-state index contributed by atoms with van der Waals surface area (Å²) >= 11 is 0. The number of hydrogen-bond acceptors (Lipinski definition) is 3. The highest BCUT2D eigenvalue weighted by Crippen LogP contribution is 2.38. The van der Waals surface area contributed by atoms with Crippen LogP contribution < -0.4 is 10.6 Å². The normalized spacial score (nSPS) is 27.4. The zero-order chi connectivity index (χ0) is 12.9. The average molecular weight is 238 g/mol. The zero-order valence-electron chi connectivity index (χ0n) is 9.95. The number of carboxylic acids is 1. The summed E-state index contributed by atoms with van der Waals surface area (Å²) in [5.41, 5.74) is -0.845. The van der Waals surface area contributed by atoms with Gasteiger partial charge in [-0.2, -0.15) is 0 Å². The quantitative estimate of drug-likeness (QED) is 0.464. The van der Waals surface area contributed by atoms with Crippen molar-refractivity contribution in [2.45, 2.75) is 32.2 Å². The molecule has 5 nitrogen and oxygen atoms in total. The van der Waals surface area contributed by atoms with Crippen LogP contribution in [0.2, 0.25) is 0 Å². The molecule has 0 saturated heterocycles. The van der Waals surface area contributed by atoms with Gasteiger partial charge in [-0.1, -0.05) is 12.3 Å². The largest absolute Gasteiger partial charge is 0.481 e. The van der Waals surface area contributed by atoms with Gasteiger partial charge in [0.1, 0.15) is 0 Å². The van der Waals surface area contributed by atoms with Crippen molar-refractivity contribution < 1.29 is 14.7 Å². The van der Waals surface area contributed by atoms with Gasteiger partial charge in [0.05, 0.1) is 18.5 Å². The minimum absolute atomic E-state index is 0.121. The topological polar surface area (TPSA) is 78.4 Å². The lowest BCUT2D eigenvalue weighted by atomic mass is 9.85. The first kappa shape index (κ1) is 13.5. The minimum Gasteiger partial charge on any atom is -0.481 e. The van der Waals surface area contributed by atoms with Crippen molar-refractivity contribution in [3.63, 3.8) is 0 Å². The van der Waals surface area contributed by atoms with Gasteiger partial charge in [0.25, 0.3) is 0 Å². The maximum Gasteiger partial charge on any atom is 0.311 e. The van der Waals surface area contributed by atoms with E-state index in [9.17, 15) is 14.7 Å². The number of aliphatic carboxylic acids is 1. The van der Waals surface area contributed by atoms with E-state index in [4.69, 9.17) is 6.42 Å². The minimum atomic E-state index is -0.850. The summed E-state index contributed by atoms with van der Waals surface area (Å²) < 4.78 is 0. The summed E-state index contributed by atoms with van der Waals surface area (Å²) in [7, 11) is 0. The third kappa shape index (κ3) is 3.21. The number of hydrogen-bond donors (Lipinski definition) is 3. The number of amides is 1. The van der Waals surface area contributed by atoms with Crippen molar-refractivity contribution in [2.75, 3.05) is 13.1 Å². The first-order valence-corrected chi connectivity index (χ1v) is 5.67. The highest BCUT2D eigenvalue weighted by Gasteiger charge is 2.45. The van der Waals surface area contributed by atoms with Crippen molar-refractivity contribution in [1.29, 1.82) is 0 Å². The van der Waals surface area contributed by atoms with Crippen LogP contribution in [0.3, 0.4) is 0 Å². The molecule has 1 aliphatic rings. The van der Waals surface area contributed by atoms with Crippen LogP contribution in [0, 0.1) is 17.8 Å². The Hall–Kier alpha value is -1.54.